The number of hydrogen-bond acceptors (Lipinski definition) is 3. The van der Waals surface area contributed by atoms with Gasteiger partial charge in [0, 0.05) is 18.7 Å². The largest absolute Gasteiger partial charge is 0.324 e. The molecule has 5 heteroatoms. The quantitative estimate of drug-likeness (QED) is 0.918. The lowest BCUT2D eigenvalue weighted by atomic mass is 10.00. The molecule has 0 radical (unpaired) electrons. The van der Waals surface area contributed by atoms with Crippen LogP contribution in [0.25, 0.3) is 11.3 Å². The highest BCUT2D eigenvalue weighted by Crippen LogP contribution is 2.30. The van der Waals surface area contributed by atoms with Crippen molar-refractivity contribution in [1.29, 1.82) is 0 Å². The predicted octanol–water partition coefficient (Wildman–Crippen LogP) is 2.26. The van der Waals surface area contributed by atoms with E-state index in [1.165, 1.54) is 0 Å². The summed E-state index contributed by atoms with van der Waals surface area (Å²) in [6.07, 6.45) is 0. The standard InChI is InChI=1S/C11H13BrN4/c1-7(13)8-5-3-4-6-9(8)10-11(12)14-15-16(10)2/h3-7H,13H2,1-2H3. The Hall–Kier alpha value is -1.20. The molecule has 0 aliphatic heterocycles. The summed E-state index contributed by atoms with van der Waals surface area (Å²) < 4.78 is 2.48. The second-order valence-electron chi connectivity index (χ2n) is 3.73. The fraction of sp³-hybridized carbons (Fsp3) is 0.273. The van der Waals surface area contributed by atoms with E-state index in [1.807, 2.05) is 38.2 Å². The maximum atomic E-state index is 5.96. The van der Waals surface area contributed by atoms with Crippen molar-refractivity contribution in [2.75, 3.05) is 0 Å². The van der Waals surface area contributed by atoms with Gasteiger partial charge in [0.25, 0.3) is 0 Å². The van der Waals surface area contributed by atoms with Gasteiger partial charge in [0.2, 0.25) is 0 Å². The molecule has 84 valence electrons. The monoisotopic (exact) mass is 280 g/mol. The van der Waals surface area contributed by atoms with Gasteiger partial charge in [0.05, 0.1) is 0 Å². The van der Waals surface area contributed by atoms with Crippen molar-refractivity contribution in [3.63, 3.8) is 0 Å². The van der Waals surface area contributed by atoms with Crippen molar-refractivity contribution in [3.05, 3.63) is 34.4 Å². The number of nitrogens with two attached hydrogens (primary N) is 1. The van der Waals surface area contributed by atoms with Crippen LogP contribution in [0.5, 0.6) is 0 Å². The molecule has 0 saturated carbocycles. The summed E-state index contributed by atoms with van der Waals surface area (Å²) in [6.45, 7) is 1.97. The molecule has 0 fully saturated rings. The zero-order valence-corrected chi connectivity index (χ0v) is 10.8. The zero-order valence-electron chi connectivity index (χ0n) is 9.18. The molecule has 1 heterocycles. The number of rotatable bonds is 2. The summed E-state index contributed by atoms with van der Waals surface area (Å²) >= 11 is 3.40. The molecule has 0 saturated heterocycles. The average Bonchev–Trinajstić information content (AvgIpc) is 2.58. The molecule has 4 nitrogen and oxygen atoms in total. The van der Waals surface area contributed by atoms with E-state index >= 15 is 0 Å². The van der Waals surface area contributed by atoms with E-state index in [1.54, 1.807) is 4.68 Å². The third kappa shape index (κ3) is 1.88. The van der Waals surface area contributed by atoms with Gasteiger partial charge in [-0.05, 0) is 28.4 Å². The molecule has 0 spiro atoms. The Labute approximate surface area is 103 Å². The molecule has 2 aromatic rings. The maximum absolute atomic E-state index is 5.96. The van der Waals surface area contributed by atoms with Crippen LogP contribution in [-0.4, -0.2) is 15.0 Å². The van der Waals surface area contributed by atoms with Crippen molar-refractivity contribution in [2.45, 2.75) is 13.0 Å². The van der Waals surface area contributed by atoms with E-state index < -0.39 is 0 Å². The van der Waals surface area contributed by atoms with Gasteiger partial charge in [0.15, 0.2) is 4.60 Å². The molecule has 2 N–H and O–H groups in total. The first-order chi connectivity index (χ1) is 7.61. The Bertz CT molecular complexity index is 485. The van der Waals surface area contributed by atoms with Gasteiger partial charge < -0.3 is 5.73 Å². The topological polar surface area (TPSA) is 56.7 Å². The fourth-order valence-corrected chi connectivity index (χ4v) is 2.27. The molecule has 2 rings (SSSR count). The molecule has 1 unspecified atom stereocenters. The van der Waals surface area contributed by atoms with Gasteiger partial charge in [-0.25, -0.2) is 4.68 Å². The third-order valence-electron chi connectivity index (χ3n) is 2.49. The first-order valence-electron chi connectivity index (χ1n) is 5.01. The van der Waals surface area contributed by atoms with Crippen LogP contribution in [0.3, 0.4) is 0 Å². The van der Waals surface area contributed by atoms with Crippen molar-refractivity contribution >= 4 is 15.9 Å². The van der Waals surface area contributed by atoms with Gasteiger partial charge in [0.1, 0.15) is 5.69 Å². The lowest BCUT2D eigenvalue weighted by molar-refractivity contribution is 0.718. The van der Waals surface area contributed by atoms with Gasteiger partial charge in [-0.2, -0.15) is 0 Å². The fourth-order valence-electron chi connectivity index (χ4n) is 1.73. The molecule has 1 aromatic carbocycles. The Morgan fingerprint density at radius 1 is 1.38 bits per heavy atom. The first kappa shape index (κ1) is 11.3. The van der Waals surface area contributed by atoms with E-state index in [2.05, 4.69) is 26.2 Å². The highest BCUT2D eigenvalue weighted by molar-refractivity contribution is 9.10. The average molecular weight is 281 g/mol. The first-order valence-corrected chi connectivity index (χ1v) is 5.80. The van der Waals surface area contributed by atoms with Crippen molar-refractivity contribution in [1.82, 2.24) is 15.0 Å². The van der Waals surface area contributed by atoms with Crippen molar-refractivity contribution < 1.29 is 0 Å². The number of halogens is 1. The summed E-state index contributed by atoms with van der Waals surface area (Å²) in [6, 6.07) is 8.01. The van der Waals surface area contributed by atoms with Crippen LogP contribution in [0, 0.1) is 0 Å². The number of benzene rings is 1. The molecule has 16 heavy (non-hydrogen) atoms. The number of aromatic nitrogens is 3. The molecule has 0 aliphatic rings. The molecular weight excluding hydrogens is 268 g/mol. The third-order valence-corrected chi connectivity index (χ3v) is 3.03. The normalized spacial score (nSPS) is 12.8. The van der Waals surface area contributed by atoms with Crippen molar-refractivity contribution in [3.8, 4) is 11.3 Å². The minimum absolute atomic E-state index is 0.0157. The molecule has 0 aliphatic carbocycles. The predicted molar refractivity (Wildman–Crippen MR) is 66.7 cm³/mol. The minimum Gasteiger partial charge on any atom is -0.324 e. The summed E-state index contributed by atoms with van der Waals surface area (Å²) in [5, 5.41) is 7.95. The highest BCUT2D eigenvalue weighted by atomic mass is 79.9. The van der Waals surface area contributed by atoms with Crippen LogP contribution >= 0.6 is 15.9 Å². The molecule has 0 amide bonds. The maximum Gasteiger partial charge on any atom is 0.156 e. The highest BCUT2D eigenvalue weighted by Gasteiger charge is 2.15. The van der Waals surface area contributed by atoms with Crippen LogP contribution in [0.4, 0.5) is 0 Å². The van der Waals surface area contributed by atoms with E-state index in [0.29, 0.717) is 0 Å². The minimum atomic E-state index is -0.0157. The summed E-state index contributed by atoms with van der Waals surface area (Å²) in [4.78, 5) is 0. The SMILES string of the molecule is CC(N)c1ccccc1-c1c(Br)nnn1C. The van der Waals surface area contributed by atoms with Crippen LogP contribution in [0.1, 0.15) is 18.5 Å². The molecular formula is C11H13BrN4. The van der Waals surface area contributed by atoms with E-state index in [4.69, 9.17) is 5.73 Å². The van der Waals surface area contributed by atoms with E-state index in [0.717, 1.165) is 21.4 Å². The van der Waals surface area contributed by atoms with Crippen LogP contribution in [0.2, 0.25) is 0 Å². The Balaban J connectivity index is 2.64. The zero-order chi connectivity index (χ0) is 11.7. The second kappa shape index (κ2) is 4.35. The van der Waals surface area contributed by atoms with Crippen LogP contribution < -0.4 is 5.73 Å². The lowest BCUT2D eigenvalue weighted by Gasteiger charge is -2.12. The number of hydrogen-bond donors (Lipinski definition) is 1. The lowest BCUT2D eigenvalue weighted by Crippen LogP contribution is -2.07. The summed E-state index contributed by atoms with van der Waals surface area (Å²) in [5.74, 6) is 0. The van der Waals surface area contributed by atoms with E-state index in [-0.39, 0.29) is 6.04 Å². The van der Waals surface area contributed by atoms with E-state index in [9.17, 15) is 0 Å². The van der Waals surface area contributed by atoms with Gasteiger partial charge in [-0.3, -0.25) is 0 Å². The molecule has 1 aromatic heterocycles. The van der Waals surface area contributed by atoms with Crippen molar-refractivity contribution in [2.24, 2.45) is 12.8 Å². The van der Waals surface area contributed by atoms with Crippen LogP contribution in [0.15, 0.2) is 28.9 Å². The van der Waals surface area contributed by atoms with Crippen LogP contribution in [-0.2, 0) is 7.05 Å². The number of aryl methyl sites for hydroxylation is 1. The summed E-state index contributed by atoms with van der Waals surface area (Å²) in [5.41, 5.74) is 9.06. The smallest absolute Gasteiger partial charge is 0.156 e. The Morgan fingerprint density at radius 2 is 2.06 bits per heavy atom. The molecule has 1 atom stereocenters. The Kier molecular flexibility index (Phi) is 3.07. The van der Waals surface area contributed by atoms with Gasteiger partial charge >= 0.3 is 0 Å². The number of nitrogens with zero attached hydrogens (tertiary/aromatic N) is 3. The van der Waals surface area contributed by atoms with Gasteiger partial charge in [-0.15, -0.1) is 5.10 Å². The molecule has 0 bridgehead atoms. The van der Waals surface area contributed by atoms with Gasteiger partial charge in [-0.1, -0.05) is 29.5 Å². The Morgan fingerprint density at radius 3 is 2.62 bits per heavy atom. The second-order valence-corrected chi connectivity index (χ2v) is 4.48. The summed E-state index contributed by atoms with van der Waals surface area (Å²) in [7, 11) is 1.87.